The minimum absolute atomic E-state index is 0.0560. The van der Waals surface area contributed by atoms with Crippen LogP contribution in [-0.2, 0) is 19.1 Å². The summed E-state index contributed by atoms with van der Waals surface area (Å²) in [6.07, 6.45) is 1.09. The van der Waals surface area contributed by atoms with Crippen LogP contribution in [0.3, 0.4) is 0 Å². The molecule has 1 aliphatic heterocycles. The zero-order valence-corrected chi connectivity index (χ0v) is 19.3. The van der Waals surface area contributed by atoms with Crippen molar-refractivity contribution in [3.05, 3.63) is 59.2 Å². The number of nitrogens with zero attached hydrogens (tertiary/aromatic N) is 2. The van der Waals surface area contributed by atoms with Crippen LogP contribution in [0.2, 0.25) is 0 Å². The van der Waals surface area contributed by atoms with Crippen LogP contribution in [-0.4, -0.2) is 68.5 Å². The highest BCUT2D eigenvalue weighted by Crippen LogP contribution is 2.30. The number of Topliss-reactive ketones (excluding diaryl/α,β-unsaturated/α-hetero) is 1. The molecule has 10 nitrogen and oxygen atoms in total. The standard InChI is InChI=1S/C25H24N2O8/c1-32-22(28)14-34-18-9-10-19(21(12-18)35-15-23(29)33-2)24(30)20-4-3-11-27(20)25(31)17-7-5-16(13-26)6-8-17/h5-10,12,20H,3-4,11,14-15H2,1-2H3. The molecule has 1 heterocycles. The van der Waals surface area contributed by atoms with Crippen molar-refractivity contribution in [2.45, 2.75) is 18.9 Å². The zero-order valence-electron chi connectivity index (χ0n) is 19.3. The summed E-state index contributed by atoms with van der Waals surface area (Å²) < 4.78 is 20.0. The lowest BCUT2D eigenvalue weighted by atomic mass is 10.00. The van der Waals surface area contributed by atoms with Gasteiger partial charge in [0.1, 0.15) is 11.5 Å². The predicted octanol–water partition coefficient (Wildman–Crippen LogP) is 2.15. The minimum Gasteiger partial charge on any atom is -0.482 e. The Hall–Kier alpha value is -4.39. The molecule has 3 rings (SSSR count). The van der Waals surface area contributed by atoms with E-state index in [2.05, 4.69) is 9.47 Å². The predicted molar refractivity (Wildman–Crippen MR) is 121 cm³/mol. The van der Waals surface area contributed by atoms with Crippen molar-refractivity contribution in [1.29, 1.82) is 5.26 Å². The number of ketones is 1. The number of ether oxygens (including phenoxy) is 4. The molecule has 2 aromatic rings. The molecule has 0 bridgehead atoms. The first kappa shape index (κ1) is 25.2. The fraction of sp³-hybridized carbons (Fsp3) is 0.320. The molecule has 0 spiro atoms. The van der Waals surface area contributed by atoms with Gasteiger partial charge in [0, 0.05) is 18.2 Å². The summed E-state index contributed by atoms with van der Waals surface area (Å²) in [5.74, 6) is -1.64. The number of methoxy groups -OCH3 is 2. The number of amides is 1. The van der Waals surface area contributed by atoms with E-state index in [1.165, 1.54) is 37.3 Å². The van der Waals surface area contributed by atoms with Gasteiger partial charge in [-0.15, -0.1) is 0 Å². The quantitative estimate of drug-likeness (QED) is 0.391. The summed E-state index contributed by atoms with van der Waals surface area (Å²) in [6, 6.07) is 11.8. The first-order chi connectivity index (χ1) is 16.9. The van der Waals surface area contributed by atoms with Gasteiger partial charge < -0.3 is 23.8 Å². The van der Waals surface area contributed by atoms with Crippen molar-refractivity contribution in [3.8, 4) is 17.6 Å². The van der Waals surface area contributed by atoms with Gasteiger partial charge in [-0.25, -0.2) is 9.59 Å². The third-order valence-electron chi connectivity index (χ3n) is 5.45. The first-order valence-electron chi connectivity index (χ1n) is 10.8. The summed E-state index contributed by atoms with van der Waals surface area (Å²) in [5, 5.41) is 8.97. The van der Waals surface area contributed by atoms with Gasteiger partial charge >= 0.3 is 11.9 Å². The maximum absolute atomic E-state index is 13.5. The molecule has 1 aliphatic rings. The number of esters is 2. The average Bonchev–Trinajstić information content (AvgIpc) is 3.39. The maximum atomic E-state index is 13.5. The molecule has 10 heteroatoms. The van der Waals surface area contributed by atoms with Gasteiger partial charge in [-0.05, 0) is 49.2 Å². The monoisotopic (exact) mass is 480 g/mol. The molecular formula is C25H24N2O8. The number of benzene rings is 2. The second-order valence-corrected chi connectivity index (χ2v) is 7.60. The van der Waals surface area contributed by atoms with E-state index in [1.807, 2.05) is 6.07 Å². The van der Waals surface area contributed by atoms with E-state index in [1.54, 1.807) is 24.3 Å². The van der Waals surface area contributed by atoms with Gasteiger partial charge in [0.15, 0.2) is 19.0 Å². The molecule has 1 unspecified atom stereocenters. The largest absolute Gasteiger partial charge is 0.482 e. The lowest BCUT2D eigenvalue weighted by molar-refractivity contribution is -0.143. The topological polar surface area (TPSA) is 132 Å². The zero-order chi connectivity index (χ0) is 25.4. The van der Waals surface area contributed by atoms with Crippen LogP contribution in [0.5, 0.6) is 11.5 Å². The Morgan fingerprint density at radius 3 is 2.26 bits per heavy atom. The van der Waals surface area contributed by atoms with E-state index in [0.29, 0.717) is 30.5 Å². The van der Waals surface area contributed by atoms with Gasteiger partial charge in [-0.1, -0.05) is 0 Å². The summed E-state index contributed by atoms with van der Waals surface area (Å²) >= 11 is 0. The Morgan fingerprint density at radius 2 is 1.63 bits per heavy atom. The number of hydrogen-bond donors (Lipinski definition) is 0. The van der Waals surface area contributed by atoms with Crippen LogP contribution in [0.4, 0.5) is 0 Å². The lowest BCUT2D eigenvalue weighted by Gasteiger charge is -2.24. The van der Waals surface area contributed by atoms with Gasteiger partial charge in [-0.2, -0.15) is 5.26 Å². The highest BCUT2D eigenvalue weighted by molar-refractivity contribution is 6.06. The summed E-state index contributed by atoms with van der Waals surface area (Å²) in [5.41, 5.74) is 0.957. The number of hydrogen-bond acceptors (Lipinski definition) is 9. The molecular weight excluding hydrogens is 456 g/mol. The number of likely N-dealkylation sites (tertiary alicyclic amines) is 1. The van der Waals surface area contributed by atoms with Crippen molar-refractivity contribution in [2.24, 2.45) is 0 Å². The number of carbonyl (C=O) groups excluding carboxylic acids is 4. The Labute approximate surface area is 201 Å². The third kappa shape index (κ3) is 6.14. The van der Waals surface area contributed by atoms with Gasteiger partial charge in [0.05, 0.1) is 37.5 Å². The van der Waals surface area contributed by atoms with Crippen LogP contribution < -0.4 is 9.47 Å². The molecule has 0 aromatic heterocycles. The van der Waals surface area contributed by atoms with Crippen LogP contribution >= 0.6 is 0 Å². The van der Waals surface area contributed by atoms with Crippen LogP contribution in [0.25, 0.3) is 0 Å². The molecule has 1 saturated heterocycles. The van der Waals surface area contributed by atoms with Gasteiger partial charge in [0.2, 0.25) is 0 Å². The molecule has 0 N–H and O–H groups in total. The van der Waals surface area contributed by atoms with E-state index < -0.39 is 24.6 Å². The molecule has 0 saturated carbocycles. The first-order valence-corrected chi connectivity index (χ1v) is 10.8. The normalized spacial score (nSPS) is 14.5. The summed E-state index contributed by atoms with van der Waals surface area (Å²) in [4.78, 5) is 51.1. The summed E-state index contributed by atoms with van der Waals surface area (Å²) in [7, 11) is 2.43. The lowest BCUT2D eigenvalue weighted by Crippen LogP contribution is -2.40. The Kier molecular flexibility index (Phi) is 8.40. The molecule has 0 radical (unpaired) electrons. The van der Waals surface area contributed by atoms with Crippen LogP contribution in [0.15, 0.2) is 42.5 Å². The van der Waals surface area contributed by atoms with E-state index in [-0.39, 0.29) is 35.4 Å². The Morgan fingerprint density at radius 1 is 0.971 bits per heavy atom. The maximum Gasteiger partial charge on any atom is 0.343 e. The van der Waals surface area contributed by atoms with E-state index >= 15 is 0 Å². The molecule has 0 aliphatic carbocycles. The van der Waals surface area contributed by atoms with Crippen molar-refractivity contribution >= 4 is 23.6 Å². The Bertz CT molecular complexity index is 1150. The van der Waals surface area contributed by atoms with Crippen molar-refractivity contribution in [2.75, 3.05) is 34.0 Å². The third-order valence-corrected chi connectivity index (χ3v) is 5.45. The second-order valence-electron chi connectivity index (χ2n) is 7.60. The van der Waals surface area contributed by atoms with Crippen molar-refractivity contribution in [1.82, 2.24) is 4.90 Å². The highest BCUT2D eigenvalue weighted by Gasteiger charge is 2.36. The average molecular weight is 480 g/mol. The SMILES string of the molecule is COC(=O)COc1ccc(C(=O)C2CCCN2C(=O)c2ccc(C#N)cc2)c(OCC(=O)OC)c1. The molecule has 1 amide bonds. The van der Waals surface area contributed by atoms with E-state index in [0.717, 1.165) is 0 Å². The number of rotatable bonds is 9. The molecule has 2 aromatic carbocycles. The fourth-order valence-corrected chi connectivity index (χ4v) is 3.63. The van der Waals surface area contributed by atoms with E-state index in [9.17, 15) is 19.2 Å². The van der Waals surface area contributed by atoms with Gasteiger partial charge in [-0.3, -0.25) is 9.59 Å². The number of nitriles is 1. The second kappa shape index (κ2) is 11.7. The summed E-state index contributed by atoms with van der Waals surface area (Å²) in [6.45, 7) is -0.403. The highest BCUT2D eigenvalue weighted by atomic mass is 16.6. The van der Waals surface area contributed by atoms with Crippen LogP contribution in [0, 0.1) is 11.3 Å². The van der Waals surface area contributed by atoms with Crippen LogP contribution in [0.1, 0.15) is 39.1 Å². The molecule has 35 heavy (non-hydrogen) atoms. The van der Waals surface area contributed by atoms with Crippen molar-refractivity contribution < 1.29 is 38.1 Å². The Balaban J connectivity index is 1.85. The van der Waals surface area contributed by atoms with Crippen molar-refractivity contribution in [3.63, 3.8) is 0 Å². The molecule has 1 atom stereocenters. The number of carbonyl (C=O) groups is 4. The van der Waals surface area contributed by atoms with Gasteiger partial charge in [0.25, 0.3) is 5.91 Å². The minimum atomic E-state index is -0.736. The molecule has 1 fully saturated rings. The van der Waals surface area contributed by atoms with E-state index in [4.69, 9.17) is 14.7 Å². The smallest absolute Gasteiger partial charge is 0.343 e. The molecule has 182 valence electrons. The fourth-order valence-electron chi connectivity index (χ4n) is 3.63.